The zero-order valence-electron chi connectivity index (χ0n) is 14.8. The van der Waals surface area contributed by atoms with Crippen LogP contribution in [0.3, 0.4) is 0 Å². The number of carbonyl (C=O) groups is 1. The second-order valence-electron chi connectivity index (χ2n) is 7.49. The van der Waals surface area contributed by atoms with Crippen LogP contribution in [0.25, 0.3) is 0 Å². The molecule has 0 bridgehead atoms. The number of nitrogens with two attached hydrogens (primary N) is 1. The molecule has 0 aliphatic heterocycles. The summed E-state index contributed by atoms with van der Waals surface area (Å²) in [5, 5.41) is 14.9. The number of carbonyl (C=O) groups excluding carboxylic acids is 1. The SMILES string of the molecule is CC1(C)CCc2c1nc1c(c2NC(=O)N=S(N)(=O)c2ccn[nH]2)CCC1. The molecule has 0 saturated carbocycles. The highest BCUT2D eigenvalue weighted by Gasteiger charge is 2.36. The Morgan fingerprint density at radius 1 is 1.35 bits per heavy atom. The molecule has 0 saturated heterocycles. The molecule has 1 atom stereocenters. The molecule has 2 aromatic rings. The topological polar surface area (TPSA) is 126 Å². The van der Waals surface area contributed by atoms with E-state index in [9.17, 15) is 9.00 Å². The first-order valence-electron chi connectivity index (χ1n) is 8.68. The molecular formula is C17H22N6O2S. The number of aromatic amines is 1. The van der Waals surface area contributed by atoms with Crippen molar-refractivity contribution in [1.29, 1.82) is 0 Å². The zero-order chi connectivity index (χ0) is 18.5. The number of amides is 2. The van der Waals surface area contributed by atoms with E-state index in [1.54, 1.807) is 0 Å². The van der Waals surface area contributed by atoms with Crippen LogP contribution in [-0.4, -0.2) is 25.4 Å². The molecule has 0 aromatic carbocycles. The fourth-order valence-corrected chi connectivity index (χ4v) is 4.67. The summed E-state index contributed by atoms with van der Waals surface area (Å²) in [5.41, 5.74) is 5.04. The van der Waals surface area contributed by atoms with Gasteiger partial charge < -0.3 is 5.32 Å². The maximum absolute atomic E-state index is 12.5. The number of hydrogen-bond acceptors (Lipinski definition) is 4. The molecule has 26 heavy (non-hydrogen) atoms. The van der Waals surface area contributed by atoms with E-state index in [0.717, 1.165) is 60.3 Å². The van der Waals surface area contributed by atoms with Gasteiger partial charge in [0.25, 0.3) is 0 Å². The molecular weight excluding hydrogens is 352 g/mol. The maximum atomic E-state index is 12.5. The summed E-state index contributed by atoms with van der Waals surface area (Å²) in [7, 11) is -3.36. The van der Waals surface area contributed by atoms with Crippen molar-refractivity contribution in [3.8, 4) is 0 Å². The van der Waals surface area contributed by atoms with Gasteiger partial charge in [0.15, 0.2) is 9.92 Å². The number of fused-ring (bicyclic) bond motifs is 2. The number of nitrogens with zero attached hydrogens (tertiary/aromatic N) is 3. The Labute approximate surface area is 152 Å². The minimum atomic E-state index is -3.36. The Kier molecular flexibility index (Phi) is 3.89. The molecule has 4 rings (SSSR count). The van der Waals surface area contributed by atoms with Gasteiger partial charge in [-0.1, -0.05) is 13.8 Å². The monoisotopic (exact) mass is 374 g/mol. The summed E-state index contributed by atoms with van der Waals surface area (Å²) >= 11 is 0. The fraction of sp³-hybridized carbons (Fsp3) is 0.471. The average molecular weight is 374 g/mol. The third-order valence-corrected chi connectivity index (χ3v) is 6.50. The first-order chi connectivity index (χ1) is 12.3. The van der Waals surface area contributed by atoms with E-state index in [0.29, 0.717) is 0 Å². The van der Waals surface area contributed by atoms with Crippen LogP contribution in [0.5, 0.6) is 0 Å². The molecule has 8 nitrogen and oxygen atoms in total. The second kappa shape index (κ2) is 5.88. The van der Waals surface area contributed by atoms with E-state index in [4.69, 9.17) is 10.1 Å². The third-order valence-electron chi connectivity index (χ3n) is 5.21. The van der Waals surface area contributed by atoms with Gasteiger partial charge in [-0.2, -0.15) is 5.10 Å². The van der Waals surface area contributed by atoms with Crippen LogP contribution in [-0.2, 0) is 34.6 Å². The van der Waals surface area contributed by atoms with Crippen LogP contribution < -0.4 is 10.5 Å². The van der Waals surface area contributed by atoms with Crippen molar-refractivity contribution in [1.82, 2.24) is 15.2 Å². The summed E-state index contributed by atoms with van der Waals surface area (Å²) in [6.07, 6.45) is 6.08. The van der Waals surface area contributed by atoms with Gasteiger partial charge in [0.1, 0.15) is 5.03 Å². The van der Waals surface area contributed by atoms with Crippen LogP contribution in [0.15, 0.2) is 21.7 Å². The van der Waals surface area contributed by atoms with Crippen molar-refractivity contribution < 1.29 is 9.00 Å². The molecule has 9 heteroatoms. The van der Waals surface area contributed by atoms with Crippen molar-refractivity contribution in [3.05, 3.63) is 34.8 Å². The van der Waals surface area contributed by atoms with E-state index in [1.165, 1.54) is 12.3 Å². The maximum Gasteiger partial charge on any atom is 0.354 e. The van der Waals surface area contributed by atoms with E-state index in [2.05, 4.69) is 33.7 Å². The van der Waals surface area contributed by atoms with Crippen LogP contribution in [0.2, 0.25) is 0 Å². The lowest BCUT2D eigenvalue weighted by Crippen LogP contribution is -2.20. The molecule has 0 fully saturated rings. The van der Waals surface area contributed by atoms with Gasteiger partial charge in [-0.15, -0.1) is 4.36 Å². The minimum absolute atomic E-state index is 0.0130. The number of nitrogens with one attached hydrogen (secondary N) is 2. The lowest BCUT2D eigenvalue weighted by atomic mass is 9.90. The Bertz CT molecular complexity index is 1000. The van der Waals surface area contributed by atoms with Crippen molar-refractivity contribution in [2.75, 3.05) is 5.32 Å². The highest BCUT2D eigenvalue weighted by Crippen LogP contribution is 2.44. The van der Waals surface area contributed by atoms with Gasteiger partial charge >= 0.3 is 6.03 Å². The highest BCUT2D eigenvalue weighted by atomic mass is 32.2. The quantitative estimate of drug-likeness (QED) is 0.746. The molecule has 2 heterocycles. The third kappa shape index (κ3) is 2.80. The summed E-state index contributed by atoms with van der Waals surface area (Å²) in [4.78, 5) is 17.4. The smallest absolute Gasteiger partial charge is 0.305 e. The second-order valence-corrected chi connectivity index (χ2v) is 9.25. The van der Waals surface area contributed by atoms with Gasteiger partial charge in [0.05, 0.1) is 17.6 Å². The van der Waals surface area contributed by atoms with Gasteiger partial charge in [0, 0.05) is 11.1 Å². The fourth-order valence-electron chi connectivity index (χ4n) is 3.84. The van der Waals surface area contributed by atoms with Gasteiger partial charge in [-0.05, 0) is 49.3 Å². The number of pyridine rings is 1. The predicted molar refractivity (Wildman–Crippen MR) is 98.2 cm³/mol. The van der Waals surface area contributed by atoms with E-state index in [1.807, 2.05) is 0 Å². The predicted octanol–water partition coefficient (Wildman–Crippen LogP) is 2.45. The van der Waals surface area contributed by atoms with Crippen LogP contribution in [0.4, 0.5) is 10.5 Å². The molecule has 2 aliphatic rings. The molecule has 0 spiro atoms. The molecule has 2 amide bonds. The molecule has 0 radical (unpaired) electrons. The minimum Gasteiger partial charge on any atom is -0.305 e. The van der Waals surface area contributed by atoms with Gasteiger partial charge in [-0.25, -0.2) is 14.1 Å². The van der Waals surface area contributed by atoms with Crippen molar-refractivity contribution in [2.45, 2.75) is 56.4 Å². The largest absolute Gasteiger partial charge is 0.354 e. The standard InChI is InChI=1S/C17H22N6O2S/c1-17(2)8-6-11-14(10-4-3-5-12(10)20-15(11)17)21-16(24)23-26(18,25)13-7-9-19-22-13/h7,9H,3-6,8H2,1-2H3,(H,19,22)(H3,18,20,21,23,24,25). The summed E-state index contributed by atoms with van der Waals surface area (Å²) < 4.78 is 16.2. The van der Waals surface area contributed by atoms with Gasteiger partial charge in [0.2, 0.25) is 0 Å². The number of anilines is 1. The van der Waals surface area contributed by atoms with Crippen molar-refractivity contribution >= 4 is 21.6 Å². The number of urea groups is 1. The molecule has 2 aromatic heterocycles. The Hall–Kier alpha value is -2.26. The zero-order valence-corrected chi connectivity index (χ0v) is 15.7. The first kappa shape index (κ1) is 17.2. The summed E-state index contributed by atoms with van der Waals surface area (Å²) in [6.45, 7) is 4.35. The Morgan fingerprint density at radius 2 is 2.15 bits per heavy atom. The number of hydrogen-bond donors (Lipinski definition) is 3. The summed E-state index contributed by atoms with van der Waals surface area (Å²) in [5.74, 6) is 0. The number of H-pyrrole nitrogens is 1. The van der Waals surface area contributed by atoms with Crippen LogP contribution in [0, 0.1) is 0 Å². The Morgan fingerprint density at radius 3 is 2.88 bits per heavy atom. The number of rotatable bonds is 2. The average Bonchev–Trinajstić information content (AvgIpc) is 3.28. The van der Waals surface area contributed by atoms with Crippen molar-refractivity contribution in [2.24, 2.45) is 9.50 Å². The lowest BCUT2D eigenvalue weighted by molar-refractivity contribution is 0.260. The van der Waals surface area contributed by atoms with Gasteiger partial charge in [-0.3, -0.25) is 10.1 Å². The number of aryl methyl sites for hydroxylation is 1. The van der Waals surface area contributed by atoms with Crippen molar-refractivity contribution in [3.63, 3.8) is 0 Å². The van der Waals surface area contributed by atoms with E-state index < -0.39 is 15.9 Å². The normalized spacial score (nSPS) is 19.5. The first-order valence-corrected chi connectivity index (χ1v) is 10.3. The molecule has 138 valence electrons. The van der Waals surface area contributed by atoms with E-state index >= 15 is 0 Å². The number of aromatic nitrogens is 3. The van der Waals surface area contributed by atoms with Crippen LogP contribution in [0.1, 0.15) is 49.2 Å². The molecule has 1 unspecified atom stereocenters. The molecule has 2 aliphatic carbocycles. The highest BCUT2D eigenvalue weighted by molar-refractivity contribution is 7.91. The van der Waals surface area contributed by atoms with E-state index in [-0.39, 0.29) is 10.4 Å². The van der Waals surface area contributed by atoms with Crippen LogP contribution >= 0.6 is 0 Å². The Balaban J connectivity index is 1.74. The summed E-state index contributed by atoms with van der Waals surface area (Å²) in [6, 6.07) is 0.739. The molecule has 4 N–H and O–H groups in total. The lowest BCUT2D eigenvalue weighted by Gasteiger charge is -2.20.